The maximum atomic E-state index is 12.1. The van der Waals surface area contributed by atoms with Crippen molar-refractivity contribution in [1.82, 2.24) is 30.1 Å². The third-order valence-electron chi connectivity index (χ3n) is 3.00. The van der Waals surface area contributed by atoms with E-state index >= 15 is 0 Å². The third-order valence-corrected chi connectivity index (χ3v) is 3.00. The van der Waals surface area contributed by atoms with Crippen molar-refractivity contribution in [1.29, 1.82) is 0 Å². The van der Waals surface area contributed by atoms with E-state index in [2.05, 4.69) is 20.7 Å². The van der Waals surface area contributed by atoms with Gasteiger partial charge in [-0.25, -0.2) is 9.36 Å². The Hall–Kier alpha value is -2.48. The SMILES string of the molecule is Cn1ncc2c(=O)n(CCNCc3ccco3)nnc21. The summed E-state index contributed by atoms with van der Waals surface area (Å²) in [5.74, 6) is 0.853. The number of rotatable bonds is 5. The third kappa shape index (κ3) is 2.32. The summed E-state index contributed by atoms with van der Waals surface area (Å²) >= 11 is 0. The van der Waals surface area contributed by atoms with Gasteiger partial charge in [0.05, 0.1) is 25.5 Å². The highest BCUT2D eigenvalue weighted by Gasteiger charge is 2.08. The molecular weight excluding hydrogens is 260 g/mol. The Kier molecular flexibility index (Phi) is 3.30. The Morgan fingerprint density at radius 1 is 1.45 bits per heavy atom. The number of furan rings is 1. The quantitative estimate of drug-likeness (QED) is 0.654. The number of aryl methyl sites for hydroxylation is 1. The molecule has 8 heteroatoms. The number of aromatic nitrogens is 5. The number of hydrogen-bond acceptors (Lipinski definition) is 6. The van der Waals surface area contributed by atoms with E-state index in [-0.39, 0.29) is 5.56 Å². The molecular formula is C12H14N6O2. The molecule has 3 rings (SSSR count). The monoisotopic (exact) mass is 274 g/mol. The average Bonchev–Trinajstić information content (AvgIpc) is 3.08. The minimum Gasteiger partial charge on any atom is -0.468 e. The van der Waals surface area contributed by atoms with Crippen LogP contribution >= 0.6 is 0 Å². The molecule has 8 nitrogen and oxygen atoms in total. The molecule has 20 heavy (non-hydrogen) atoms. The van der Waals surface area contributed by atoms with Crippen molar-refractivity contribution in [2.75, 3.05) is 6.54 Å². The largest absolute Gasteiger partial charge is 0.468 e. The fourth-order valence-electron chi connectivity index (χ4n) is 1.93. The van der Waals surface area contributed by atoms with Crippen molar-refractivity contribution in [3.05, 3.63) is 40.7 Å². The number of fused-ring (bicyclic) bond motifs is 1. The highest BCUT2D eigenvalue weighted by Crippen LogP contribution is 2.01. The predicted molar refractivity (Wildman–Crippen MR) is 71.0 cm³/mol. The number of hydrogen-bond donors (Lipinski definition) is 1. The highest BCUT2D eigenvalue weighted by molar-refractivity contribution is 5.72. The molecule has 1 N–H and O–H groups in total. The fraction of sp³-hybridized carbons (Fsp3) is 0.333. The minimum absolute atomic E-state index is 0.178. The lowest BCUT2D eigenvalue weighted by atomic mass is 10.4. The second-order valence-corrected chi connectivity index (χ2v) is 4.38. The zero-order valence-corrected chi connectivity index (χ0v) is 11.0. The van der Waals surface area contributed by atoms with Crippen LogP contribution in [0.3, 0.4) is 0 Å². The van der Waals surface area contributed by atoms with E-state index in [0.717, 1.165) is 5.76 Å². The molecule has 3 heterocycles. The highest BCUT2D eigenvalue weighted by atomic mass is 16.3. The van der Waals surface area contributed by atoms with Crippen molar-refractivity contribution >= 4 is 11.0 Å². The zero-order valence-electron chi connectivity index (χ0n) is 11.0. The molecule has 0 aliphatic heterocycles. The van der Waals surface area contributed by atoms with Crippen molar-refractivity contribution in [2.24, 2.45) is 7.05 Å². The molecule has 0 fully saturated rings. The first-order chi connectivity index (χ1) is 9.75. The van der Waals surface area contributed by atoms with Crippen LogP contribution in [-0.4, -0.2) is 31.3 Å². The molecule has 0 saturated heterocycles. The van der Waals surface area contributed by atoms with Crippen LogP contribution in [0.4, 0.5) is 0 Å². The molecule has 0 amide bonds. The van der Waals surface area contributed by atoms with Gasteiger partial charge >= 0.3 is 0 Å². The van der Waals surface area contributed by atoms with Gasteiger partial charge in [0.25, 0.3) is 5.56 Å². The number of nitrogens with one attached hydrogen (secondary N) is 1. The van der Waals surface area contributed by atoms with E-state index in [1.165, 1.54) is 15.6 Å². The Morgan fingerprint density at radius 2 is 2.35 bits per heavy atom. The van der Waals surface area contributed by atoms with E-state index in [0.29, 0.717) is 30.7 Å². The van der Waals surface area contributed by atoms with Crippen molar-refractivity contribution in [2.45, 2.75) is 13.1 Å². The summed E-state index contributed by atoms with van der Waals surface area (Å²) in [6.07, 6.45) is 3.14. The summed E-state index contributed by atoms with van der Waals surface area (Å²) in [5, 5.41) is 15.6. The van der Waals surface area contributed by atoms with E-state index in [4.69, 9.17) is 4.42 Å². The van der Waals surface area contributed by atoms with Gasteiger partial charge in [-0.2, -0.15) is 5.10 Å². The predicted octanol–water partition coefficient (Wildman–Crippen LogP) is -0.0922. The fourth-order valence-corrected chi connectivity index (χ4v) is 1.93. The molecule has 0 bridgehead atoms. The first-order valence-corrected chi connectivity index (χ1v) is 6.24. The van der Waals surface area contributed by atoms with Gasteiger partial charge in [-0.15, -0.1) is 5.10 Å². The maximum absolute atomic E-state index is 12.1. The Morgan fingerprint density at radius 3 is 3.15 bits per heavy atom. The molecule has 0 radical (unpaired) electrons. The van der Waals surface area contributed by atoms with Gasteiger partial charge in [0, 0.05) is 13.6 Å². The van der Waals surface area contributed by atoms with Crippen LogP contribution in [0, 0.1) is 0 Å². The second kappa shape index (κ2) is 5.25. The molecule has 0 saturated carbocycles. The second-order valence-electron chi connectivity index (χ2n) is 4.38. The van der Waals surface area contributed by atoms with E-state index in [1.807, 2.05) is 12.1 Å². The number of nitrogens with zero attached hydrogens (tertiary/aromatic N) is 5. The molecule has 0 aliphatic rings. The van der Waals surface area contributed by atoms with Crippen molar-refractivity contribution in [3.8, 4) is 0 Å². The zero-order chi connectivity index (χ0) is 13.9. The molecule has 3 aromatic heterocycles. The van der Waals surface area contributed by atoms with Gasteiger partial charge in [0.15, 0.2) is 5.65 Å². The molecule has 0 unspecified atom stereocenters. The first kappa shape index (κ1) is 12.5. The van der Waals surface area contributed by atoms with Gasteiger partial charge in [-0.05, 0) is 12.1 Å². The summed E-state index contributed by atoms with van der Waals surface area (Å²) in [7, 11) is 1.73. The lowest BCUT2D eigenvalue weighted by molar-refractivity contribution is 0.461. The summed E-state index contributed by atoms with van der Waals surface area (Å²) in [5.41, 5.74) is 0.317. The van der Waals surface area contributed by atoms with Crippen LogP contribution < -0.4 is 10.9 Å². The Labute approximate surface area is 114 Å². The summed E-state index contributed by atoms with van der Waals surface area (Å²) in [6.45, 7) is 1.66. The molecule has 0 aromatic carbocycles. The molecule has 104 valence electrons. The van der Waals surface area contributed by atoms with Crippen LogP contribution in [0.5, 0.6) is 0 Å². The average molecular weight is 274 g/mol. The van der Waals surface area contributed by atoms with Gasteiger partial charge in [0.1, 0.15) is 11.1 Å². The maximum Gasteiger partial charge on any atom is 0.280 e. The molecule has 0 atom stereocenters. The van der Waals surface area contributed by atoms with Crippen molar-refractivity contribution in [3.63, 3.8) is 0 Å². The molecule has 0 spiro atoms. The van der Waals surface area contributed by atoms with Crippen LogP contribution in [0.25, 0.3) is 11.0 Å². The topological polar surface area (TPSA) is 90.8 Å². The van der Waals surface area contributed by atoms with Gasteiger partial charge in [0.2, 0.25) is 0 Å². The lowest BCUT2D eigenvalue weighted by Gasteiger charge is -2.04. The Bertz CT molecular complexity index is 758. The van der Waals surface area contributed by atoms with E-state index in [9.17, 15) is 4.79 Å². The Balaban J connectivity index is 1.65. The van der Waals surface area contributed by atoms with Gasteiger partial charge in [-0.1, -0.05) is 5.21 Å². The first-order valence-electron chi connectivity index (χ1n) is 6.24. The van der Waals surface area contributed by atoms with Crippen LogP contribution in [0.15, 0.2) is 33.8 Å². The standard InChI is InChI=1S/C12H14N6O2/c1-17-11-10(8-14-17)12(19)18(16-15-11)5-4-13-7-9-3-2-6-20-9/h2-3,6,8,13H,4-5,7H2,1H3. The van der Waals surface area contributed by atoms with E-state index < -0.39 is 0 Å². The minimum atomic E-state index is -0.178. The van der Waals surface area contributed by atoms with Crippen LogP contribution in [-0.2, 0) is 20.1 Å². The summed E-state index contributed by atoms with van der Waals surface area (Å²) < 4.78 is 8.06. The summed E-state index contributed by atoms with van der Waals surface area (Å²) in [4.78, 5) is 12.1. The normalized spacial score (nSPS) is 11.2. The van der Waals surface area contributed by atoms with Crippen LogP contribution in [0.2, 0.25) is 0 Å². The summed E-state index contributed by atoms with van der Waals surface area (Å²) in [6, 6.07) is 3.73. The van der Waals surface area contributed by atoms with E-state index in [1.54, 1.807) is 13.3 Å². The van der Waals surface area contributed by atoms with Crippen molar-refractivity contribution < 1.29 is 4.42 Å². The molecule has 3 aromatic rings. The van der Waals surface area contributed by atoms with Gasteiger partial charge in [-0.3, -0.25) is 4.79 Å². The van der Waals surface area contributed by atoms with Gasteiger partial charge < -0.3 is 9.73 Å². The van der Waals surface area contributed by atoms with Crippen LogP contribution in [0.1, 0.15) is 5.76 Å². The smallest absolute Gasteiger partial charge is 0.280 e. The molecule has 0 aliphatic carbocycles. The lowest BCUT2D eigenvalue weighted by Crippen LogP contribution is -2.29.